The van der Waals surface area contributed by atoms with Gasteiger partial charge in [0.25, 0.3) is 0 Å². The highest BCUT2D eigenvalue weighted by molar-refractivity contribution is 7.87. The molecule has 0 saturated carbocycles. The van der Waals surface area contributed by atoms with Crippen LogP contribution in [0.5, 0.6) is 0 Å². The average Bonchev–Trinajstić information content (AvgIpc) is 2.78. The molecule has 0 fully saturated rings. The normalized spacial score (nSPS) is 14.6. The fraction of sp³-hybridized carbons (Fsp3) is 0.722. The minimum absolute atomic E-state index is 0.163. The molecule has 0 aliphatic rings. The van der Waals surface area contributed by atoms with Gasteiger partial charge in [0.05, 0.1) is 19.6 Å². The second-order valence-electron chi connectivity index (χ2n) is 7.81. The molecule has 0 aliphatic carbocycles. The van der Waals surface area contributed by atoms with E-state index in [0.717, 1.165) is 0 Å². The lowest BCUT2D eigenvalue weighted by Gasteiger charge is -2.40. The predicted molar refractivity (Wildman–Crippen MR) is 104 cm³/mol. The van der Waals surface area contributed by atoms with Crippen LogP contribution in [0, 0.1) is 0 Å². The Balaban J connectivity index is 5.95. The minimum Gasteiger partial charge on any atom is -0.461 e. The second kappa shape index (κ2) is 13.2. The van der Waals surface area contributed by atoms with Crippen molar-refractivity contribution in [2.75, 3.05) is 26.4 Å². The van der Waals surface area contributed by atoms with Gasteiger partial charge in [-0.15, -0.1) is 0 Å². The maximum Gasteiger partial charge on any atom is 0.465 e. The topological polar surface area (TPSA) is 142 Å². The summed E-state index contributed by atoms with van der Waals surface area (Å²) in [6.07, 6.45) is -22.4. The summed E-state index contributed by atoms with van der Waals surface area (Å²) in [7, 11) is -6.78. The zero-order valence-corrected chi connectivity index (χ0v) is 21.1. The van der Waals surface area contributed by atoms with Crippen LogP contribution in [-0.2, 0) is 43.4 Å². The maximum atomic E-state index is 14.2. The highest BCUT2D eigenvalue weighted by Gasteiger charge is 2.90. The Bertz CT molecular complexity index is 1100. The van der Waals surface area contributed by atoms with E-state index in [1.54, 1.807) is 0 Å². The van der Waals surface area contributed by atoms with Gasteiger partial charge in [0.15, 0.2) is 6.61 Å². The third-order valence-corrected chi connectivity index (χ3v) is 5.27. The monoisotopic (exact) mass is 672 g/mol. The summed E-state index contributed by atoms with van der Waals surface area (Å²) in [5, 5.41) is -6.05. The first-order valence-electron chi connectivity index (χ1n) is 10.2. The number of rotatable bonds is 15. The fourth-order valence-corrected chi connectivity index (χ4v) is 2.62. The quantitative estimate of drug-likeness (QED) is 0.0686. The molecule has 246 valence electrons. The van der Waals surface area contributed by atoms with Crippen molar-refractivity contribution < 1.29 is 103 Å². The third kappa shape index (κ3) is 8.81. The maximum absolute atomic E-state index is 14.2. The zero-order valence-electron chi connectivity index (χ0n) is 20.3. The molecule has 0 aromatic heterocycles. The van der Waals surface area contributed by atoms with Crippen LogP contribution >= 0.6 is 0 Å². The molecule has 1 atom stereocenters. The molecule has 1 N–H and O–H groups in total. The van der Waals surface area contributed by atoms with Crippen LogP contribution < -0.4 is 0 Å². The SMILES string of the molecule is C=C(C)C(=O)OCC(=O)OCCOCC(CC(F)(F)C(F)(F)C(F)(C(F)(F)F)C(F)(F)F)OC(=O)C(F)(F)S(=O)(=O)O. The molecule has 10 nitrogen and oxygen atoms in total. The molecule has 0 aliphatic heterocycles. The molecule has 0 heterocycles. The van der Waals surface area contributed by atoms with Crippen molar-refractivity contribution in [3.8, 4) is 0 Å². The first-order chi connectivity index (χ1) is 18.5. The van der Waals surface area contributed by atoms with Gasteiger partial charge in [-0.25, -0.2) is 18.8 Å². The fourth-order valence-electron chi connectivity index (χ4n) is 2.36. The van der Waals surface area contributed by atoms with E-state index in [2.05, 4.69) is 25.5 Å². The molecule has 0 bridgehead atoms. The lowest BCUT2D eigenvalue weighted by atomic mass is 9.88. The van der Waals surface area contributed by atoms with Crippen molar-refractivity contribution >= 4 is 28.0 Å². The van der Waals surface area contributed by atoms with Crippen LogP contribution in [0.3, 0.4) is 0 Å². The summed E-state index contributed by atoms with van der Waals surface area (Å²) in [4.78, 5) is 33.8. The molecule has 0 aromatic rings. The van der Waals surface area contributed by atoms with Crippen LogP contribution in [-0.4, -0.2) is 98.5 Å². The van der Waals surface area contributed by atoms with Crippen LogP contribution in [0.4, 0.5) is 57.1 Å². The smallest absolute Gasteiger partial charge is 0.461 e. The van der Waals surface area contributed by atoms with Crippen molar-refractivity contribution in [2.45, 2.75) is 54.6 Å². The summed E-state index contributed by atoms with van der Waals surface area (Å²) >= 11 is 0. The summed E-state index contributed by atoms with van der Waals surface area (Å²) in [6, 6.07) is 0. The number of alkyl halides is 13. The molecule has 0 amide bonds. The molecule has 24 heteroatoms. The van der Waals surface area contributed by atoms with Crippen molar-refractivity contribution in [3.05, 3.63) is 12.2 Å². The molecule has 42 heavy (non-hydrogen) atoms. The molecular formula is C18H17F13O10S. The molecular weight excluding hydrogens is 655 g/mol. The van der Waals surface area contributed by atoms with Crippen molar-refractivity contribution in [3.63, 3.8) is 0 Å². The first-order valence-corrected chi connectivity index (χ1v) is 11.6. The predicted octanol–water partition coefficient (Wildman–Crippen LogP) is 3.55. The van der Waals surface area contributed by atoms with Gasteiger partial charge in [0, 0.05) is 5.57 Å². The average molecular weight is 672 g/mol. The molecule has 0 spiro atoms. The molecule has 0 radical (unpaired) electrons. The van der Waals surface area contributed by atoms with Gasteiger partial charge in [-0.1, -0.05) is 6.58 Å². The summed E-state index contributed by atoms with van der Waals surface area (Å²) < 4.78 is 219. The van der Waals surface area contributed by atoms with Gasteiger partial charge in [0.2, 0.25) is 0 Å². The minimum atomic E-state index is -7.97. The Labute approximate surface area is 225 Å². The van der Waals surface area contributed by atoms with Crippen molar-refractivity contribution in [1.29, 1.82) is 0 Å². The van der Waals surface area contributed by atoms with E-state index < -0.39 is 102 Å². The number of hydrogen-bond acceptors (Lipinski definition) is 9. The lowest BCUT2D eigenvalue weighted by Crippen LogP contribution is -2.70. The van der Waals surface area contributed by atoms with Crippen LogP contribution in [0.2, 0.25) is 0 Å². The van der Waals surface area contributed by atoms with Crippen LogP contribution in [0.25, 0.3) is 0 Å². The molecule has 0 aromatic carbocycles. The molecule has 0 rings (SSSR count). The Hall–Kier alpha value is -2.89. The zero-order chi connectivity index (χ0) is 33.8. The third-order valence-electron chi connectivity index (χ3n) is 4.46. The largest absolute Gasteiger partial charge is 0.465 e. The molecule has 0 saturated heterocycles. The van der Waals surface area contributed by atoms with E-state index in [0.29, 0.717) is 0 Å². The van der Waals surface area contributed by atoms with Gasteiger partial charge in [-0.05, 0) is 6.92 Å². The number of carbonyl (C=O) groups excluding carboxylic acids is 3. The summed E-state index contributed by atoms with van der Waals surface area (Å²) in [6.45, 7) is -0.771. The van der Waals surface area contributed by atoms with E-state index in [1.165, 1.54) is 6.92 Å². The van der Waals surface area contributed by atoms with Crippen LogP contribution in [0.1, 0.15) is 13.3 Å². The number of halogens is 13. The van der Waals surface area contributed by atoms with E-state index in [4.69, 9.17) is 4.55 Å². The highest BCUT2D eigenvalue weighted by Crippen LogP contribution is 2.60. The Morgan fingerprint density at radius 1 is 0.833 bits per heavy atom. The summed E-state index contributed by atoms with van der Waals surface area (Å²) in [5.41, 5.74) is -8.13. The van der Waals surface area contributed by atoms with Crippen LogP contribution in [0.15, 0.2) is 12.2 Å². The standard InChI is InChI=1S/C18H17F13O10S/c1-8(2)11(33)40-7-10(32)39-4-3-38-6-9(41-12(34)14(21,22)42(35,36)37)5-13(19,20)16(24,25)15(23,17(26,27)28)18(29,30)31/h9H,1,3-7H2,2H3,(H,35,36,37). The molecule has 1 unspecified atom stereocenters. The van der Waals surface area contributed by atoms with E-state index in [9.17, 15) is 79.9 Å². The van der Waals surface area contributed by atoms with Crippen molar-refractivity contribution in [1.82, 2.24) is 0 Å². The second-order valence-corrected chi connectivity index (χ2v) is 9.27. The van der Waals surface area contributed by atoms with Crippen molar-refractivity contribution in [2.24, 2.45) is 0 Å². The first kappa shape index (κ1) is 39.1. The van der Waals surface area contributed by atoms with Gasteiger partial charge in [-0.3, -0.25) is 4.55 Å². The highest BCUT2D eigenvalue weighted by atomic mass is 32.2. The van der Waals surface area contributed by atoms with E-state index >= 15 is 0 Å². The van der Waals surface area contributed by atoms with Gasteiger partial charge >= 0.3 is 63.1 Å². The van der Waals surface area contributed by atoms with E-state index in [1.807, 2.05) is 0 Å². The van der Waals surface area contributed by atoms with Gasteiger partial charge < -0.3 is 18.9 Å². The summed E-state index contributed by atoms with van der Waals surface area (Å²) in [5.74, 6) is -20.6. The number of ether oxygens (including phenoxy) is 4. The Kier molecular flexibility index (Phi) is 12.3. The Morgan fingerprint density at radius 3 is 1.71 bits per heavy atom. The van der Waals surface area contributed by atoms with E-state index in [-0.39, 0.29) is 5.57 Å². The lowest BCUT2D eigenvalue weighted by molar-refractivity contribution is -0.428. The van der Waals surface area contributed by atoms with Gasteiger partial charge in [0.1, 0.15) is 12.7 Å². The Morgan fingerprint density at radius 2 is 1.31 bits per heavy atom. The number of carbonyl (C=O) groups is 3. The number of hydrogen-bond donors (Lipinski definition) is 1. The number of esters is 3. The van der Waals surface area contributed by atoms with Gasteiger partial charge in [-0.2, -0.15) is 61.1 Å².